The van der Waals surface area contributed by atoms with Crippen LogP contribution < -0.4 is 0 Å². The van der Waals surface area contributed by atoms with Crippen LogP contribution in [0.4, 0.5) is 0 Å². The lowest BCUT2D eigenvalue weighted by Crippen LogP contribution is -2.30. The van der Waals surface area contributed by atoms with Crippen molar-refractivity contribution in [3.8, 4) is 0 Å². The van der Waals surface area contributed by atoms with E-state index in [1.165, 1.54) is 154 Å². The largest absolute Gasteiger partial charge is 0.462 e. The molecule has 6 nitrogen and oxygen atoms in total. The van der Waals surface area contributed by atoms with Gasteiger partial charge in [0.15, 0.2) is 6.10 Å². The second-order valence-corrected chi connectivity index (χ2v) is 20.2. The van der Waals surface area contributed by atoms with Gasteiger partial charge in [-0.3, -0.25) is 14.4 Å². The molecule has 0 N–H and O–H groups in total. The van der Waals surface area contributed by atoms with Gasteiger partial charge < -0.3 is 14.2 Å². The van der Waals surface area contributed by atoms with E-state index < -0.39 is 6.10 Å². The Morgan fingerprint density at radius 2 is 0.542 bits per heavy atom. The van der Waals surface area contributed by atoms with Crippen LogP contribution >= 0.6 is 0 Å². The van der Waals surface area contributed by atoms with Crippen molar-refractivity contribution in [2.45, 2.75) is 303 Å². The molecule has 0 amide bonds. The molecule has 72 heavy (non-hydrogen) atoms. The zero-order valence-corrected chi connectivity index (χ0v) is 47.4. The maximum Gasteiger partial charge on any atom is 0.306 e. The molecule has 0 spiro atoms. The van der Waals surface area contributed by atoms with Crippen LogP contribution in [-0.4, -0.2) is 37.2 Å². The van der Waals surface area contributed by atoms with Gasteiger partial charge in [-0.1, -0.05) is 266 Å². The predicted octanol–water partition coefficient (Wildman–Crippen LogP) is 20.7. The minimum absolute atomic E-state index is 0.0787. The number of carbonyl (C=O) groups excluding carboxylic acids is 3. The first-order valence-electron chi connectivity index (χ1n) is 30.6. The normalized spacial score (nSPS) is 12.7. The molecule has 0 aromatic rings. The molecule has 0 aliphatic carbocycles. The second-order valence-electron chi connectivity index (χ2n) is 20.2. The van der Waals surface area contributed by atoms with E-state index in [0.29, 0.717) is 19.3 Å². The quantitative estimate of drug-likeness (QED) is 0.0261. The van der Waals surface area contributed by atoms with E-state index in [4.69, 9.17) is 14.2 Å². The van der Waals surface area contributed by atoms with Gasteiger partial charge in [0.1, 0.15) is 13.2 Å². The summed E-state index contributed by atoms with van der Waals surface area (Å²) in [4.78, 5) is 38.0. The summed E-state index contributed by atoms with van der Waals surface area (Å²) in [5.74, 6) is -0.891. The van der Waals surface area contributed by atoms with Crippen LogP contribution in [0, 0.1) is 0 Å². The number of unbranched alkanes of at least 4 members (excludes halogenated alkanes) is 30. The number of esters is 3. The summed E-state index contributed by atoms with van der Waals surface area (Å²) in [6.45, 7) is 6.48. The molecular weight excluding hydrogens is 889 g/mol. The van der Waals surface area contributed by atoms with Gasteiger partial charge in [0.2, 0.25) is 0 Å². The third-order valence-corrected chi connectivity index (χ3v) is 13.1. The zero-order chi connectivity index (χ0) is 52.2. The van der Waals surface area contributed by atoms with Gasteiger partial charge in [-0.2, -0.15) is 0 Å². The number of hydrogen-bond donors (Lipinski definition) is 0. The SMILES string of the molecule is CC/C=C\C/C=C\C/C=C\C/C=C\C/C=C\C/C=C\CCCCCCCCCCC(=O)OCC(COC(=O)CCCCCCCC)OC(=O)CCCCCCCCCCC/C=C\CCCCCCCCCC. The second kappa shape index (κ2) is 60.1. The van der Waals surface area contributed by atoms with Gasteiger partial charge in [0.05, 0.1) is 0 Å². The van der Waals surface area contributed by atoms with Gasteiger partial charge in [-0.25, -0.2) is 0 Å². The van der Waals surface area contributed by atoms with Crippen LogP contribution in [-0.2, 0) is 28.6 Å². The summed E-state index contributed by atoms with van der Waals surface area (Å²) < 4.78 is 16.8. The standard InChI is InChI=1S/C66H114O6/c1-4-7-10-13-16-18-20-22-24-26-28-30-31-32-33-34-35-37-38-40-42-44-46-48-50-53-56-59-65(68)71-62-63(61-70-64(67)58-55-52-15-12-9-6-3)72-66(69)60-57-54-51-49-47-45-43-41-39-36-29-27-25-23-21-19-17-14-11-8-5-2/h7,10,16,18,22,24,27-30,32-33,35,37,63H,4-6,8-9,11-15,17,19-21,23,25-26,31,34,36,38-62H2,1-3H3/b10-7-,18-16-,24-22-,29-27-,30-28-,33-32-,37-35-. The monoisotopic (exact) mass is 1000 g/mol. The lowest BCUT2D eigenvalue weighted by Gasteiger charge is -2.18. The number of ether oxygens (including phenoxy) is 3. The van der Waals surface area contributed by atoms with Crippen LogP contribution in [0.5, 0.6) is 0 Å². The lowest BCUT2D eigenvalue weighted by molar-refractivity contribution is -0.167. The fraction of sp³-hybridized carbons (Fsp3) is 0.742. The molecular formula is C66H114O6. The molecule has 0 aromatic carbocycles. The molecule has 0 heterocycles. The van der Waals surface area contributed by atoms with Crippen molar-refractivity contribution in [2.24, 2.45) is 0 Å². The Bertz CT molecular complexity index is 1380. The molecule has 0 saturated heterocycles. The van der Waals surface area contributed by atoms with Crippen LogP contribution in [0.2, 0.25) is 0 Å². The van der Waals surface area contributed by atoms with Crippen molar-refractivity contribution in [2.75, 3.05) is 13.2 Å². The molecule has 0 bridgehead atoms. The molecule has 0 radical (unpaired) electrons. The van der Waals surface area contributed by atoms with Crippen LogP contribution in [0.1, 0.15) is 297 Å². The maximum absolute atomic E-state index is 12.8. The maximum atomic E-state index is 12.8. The first-order valence-corrected chi connectivity index (χ1v) is 30.6. The summed E-state index contributed by atoms with van der Waals surface area (Å²) in [5, 5.41) is 0. The first kappa shape index (κ1) is 68.6. The predicted molar refractivity (Wildman–Crippen MR) is 311 cm³/mol. The summed E-state index contributed by atoms with van der Waals surface area (Å²) in [5.41, 5.74) is 0. The topological polar surface area (TPSA) is 78.9 Å². The van der Waals surface area contributed by atoms with Crippen LogP contribution in [0.15, 0.2) is 85.1 Å². The lowest BCUT2D eigenvalue weighted by atomic mass is 10.1. The molecule has 0 aliphatic rings. The van der Waals surface area contributed by atoms with Gasteiger partial charge in [-0.15, -0.1) is 0 Å². The summed E-state index contributed by atoms with van der Waals surface area (Å²) in [6.07, 6.45) is 79.0. The van der Waals surface area contributed by atoms with Crippen molar-refractivity contribution in [1.82, 2.24) is 0 Å². The van der Waals surface area contributed by atoms with Crippen molar-refractivity contribution >= 4 is 17.9 Å². The third-order valence-electron chi connectivity index (χ3n) is 13.1. The highest BCUT2D eigenvalue weighted by atomic mass is 16.6. The minimum Gasteiger partial charge on any atom is -0.462 e. The van der Waals surface area contributed by atoms with Crippen molar-refractivity contribution in [3.63, 3.8) is 0 Å². The van der Waals surface area contributed by atoms with Gasteiger partial charge in [0.25, 0.3) is 0 Å². The van der Waals surface area contributed by atoms with Gasteiger partial charge in [0, 0.05) is 19.3 Å². The van der Waals surface area contributed by atoms with E-state index in [2.05, 4.69) is 106 Å². The Balaban J connectivity index is 4.14. The van der Waals surface area contributed by atoms with Crippen LogP contribution in [0.3, 0.4) is 0 Å². The summed E-state index contributed by atoms with van der Waals surface area (Å²) in [7, 11) is 0. The number of rotatable bonds is 55. The Labute approximate surface area is 445 Å². The van der Waals surface area contributed by atoms with E-state index in [1.807, 2.05) is 0 Å². The minimum atomic E-state index is -0.778. The van der Waals surface area contributed by atoms with E-state index >= 15 is 0 Å². The average Bonchev–Trinajstić information content (AvgIpc) is 3.38. The molecule has 0 aromatic heterocycles. The average molecular weight is 1000 g/mol. The molecule has 414 valence electrons. The fourth-order valence-corrected chi connectivity index (χ4v) is 8.56. The highest BCUT2D eigenvalue weighted by Gasteiger charge is 2.19. The van der Waals surface area contributed by atoms with E-state index in [9.17, 15) is 14.4 Å². The summed E-state index contributed by atoms with van der Waals surface area (Å²) in [6, 6.07) is 0. The number of allylic oxidation sites excluding steroid dienone is 14. The Hall–Kier alpha value is -3.41. The molecule has 1 unspecified atom stereocenters. The molecule has 0 saturated carbocycles. The molecule has 1 atom stereocenters. The molecule has 0 fully saturated rings. The van der Waals surface area contributed by atoms with Crippen molar-refractivity contribution in [3.05, 3.63) is 85.1 Å². The Morgan fingerprint density at radius 3 is 0.861 bits per heavy atom. The molecule has 0 rings (SSSR count). The molecule has 6 heteroatoms. The van der Waals surface area contributed by atoms with E-state index in [0.717, 1.165) is 103 Å². The number of hydrogen-bond acceptors (Lipinski definition) is 6. The molecule has 0 aliphatic heterocycles. The van der Waals surface area contributed by atoms with Gasteiger partial charge >= 0.3 is 17.9 Å². The summed E-state index contributed by atoms with van der Waals surface area (Å²) >= 11 is 0. The van der Waals surface area contributed by atoms with Crippen LogP contribution in [0.25, 0.3) is 0 Å². The van der Waals surface area contributed by atoms with Crippen molar-refractivity contribution < 1.29 is 28.6 Å². The number of carbonyl (C=O) groups is 3. The zero-order valence-electron chi connectivity index (χ0n) is 47.4. The highest BCUT2D eigenvalue weighted by Crippen LogP contribution is 2.16. The Kier molecular flexibility index (Phi) is 57.3. The van der Waals surface area contributed by atoms with Gasteiger partial charge in [-0.05, 0) is 96.3 Å². The highest BCUT2D eigenvalue weighted by molar-refractivity contribution is 5.71. The van der Waals surface area contributed by atoms with E-state index in [-0.39, 0.29) is 31.1 Å². The van der Waals surface area contributed by atoms with Crippen molar-refractivity contribution in [1.29, 1.82) is 0 Å². The first-order chi connectivity index (χ1) is 35.5. The third kappa shape index (κ3) is 57.5. The Morgan fingerprint density at radius 1 is 0.292 bits per heavy atom. The smallest absolute Gasteiger partial charge is 0.306 e. The fourth-order valence-electron chi connectivity index (χ4n) is 8.56. The van der Waals surface area contributed by atoms with E-state index in [1.54, 1.807) is 0 Å².